The van der Waals surface area contributed by atoms with Crippen LogP contribution in [0.1, 0.15) is 12.1 Å². The van der Waals surface area contributed by atoms with Gasteiger partial charge in [-0.2, -0.15) is 11.8 Å². The molecule has 1 heterocycles. The van der Waals surface area contributed by atoms with Crippen LogP contribution < -0.4 is 5.32 Å². The quantitative estimate of drug-likeness (QED) is 0.797. The maximum atomic E-state index is 11.4. The molecule has 1 rings (SSSR count). The number of amides is 1. The van der Waals surface area contributed by atoms with Crippen molar-refractivity contribution in [3.8, 4) is 0 Å². The minimum Gasteiger partial charge on any atom is -0.469 e. The summed E-state index contributed by atoms with van der Waals surface area (Å²) >= 11 is 2.92. The molecular formula is C10H14N2O3S2. The second-order valence-electron chi connectivity index (χ2n) is 3.19. The first-order valence-corrected chi connectivity index (χ1v) is 7.23. The molecule has 0 radical (unpaired) electrons. The van der Waals surface area contributed by atoms with Crippen molar-refractivity contribution in [2.75, 3.05) is 24.4 Å². The Morgan fingerprint density at radius 3 is 3.00 bits per heavy atom. The summed E-state index contributed by atoms with van der Waals surface area (Å²) in [6.45, 7) is 0. The Bertz CT molecular complexity index is 393. The fourth-order valence-electron chi connectivity index (χ4n) is 1.04. The van der Waals surface area contributed by atoms with Gasteiger partial charge in [-0.25, -0.2) is 4.98 Å². The first kappa shape index (κ1) is 14.0. The molecule has 0 spiro atoms. The maximum Gasteiger partial charge on any atom is 0.311 e. The summed E-state index contributed by atoms with van der Waals surface area (Å²) in [7, 11) is 1.33. The van der Waals surface area contributed by atoms with Gasteiger partial charge in [-0.3, -0.25) is 9.59 Å². The zero-order valence-electron chi connectivity index (χ0n) is 9.69. The average Bonchev–Trinajstić information content (AvgIpc) is 2.73. The number of carbonyl (C=O) groups is 2. The molecule has 0 unspecified atom stereocenters. The highest BCUT2D eigenvalue weighted by Gasteiger charge is 2.09. The van der Waals surface area contributed by atoms with E-state index in [0.29, 0.717) is 17.2 Å². The highest BCUT2D eigenvalue weighted by molar-refractivity contribution is 7.98. The van der Waals surface area contributed by atoms with Crippen LogP contribution in [0.3, 0.4) is 0 Å². The van der Waals surface area contributed by atoms with Crippen LogP contribution in [0.2, 0.25) is 0 Å². The Morgan fingerprint density at radius 2 is 2.35 bits per heavy atom. The average molecular weight is 274 g/mol. The lowest BCUT2D eigenvalue weighted by atomic mass is 10.3. The van der Waals surface area contributed by atoms with Crippen molar-refractivity contribution in [3.05, 3.63) is 11.1 Å². The molecule has 1 aromatic rings. The normalized spacial score (nSPS) is 10.0. The zero-order chi connectivity index (χ0) is 12.7. The van der Waals surface area contributed by atoms with Gasteiger partial charge in [-0.15, -0.1) is 11.3 Å². The molecule has 0 aliphatic heterocycles. The fourth-order valence-corrected chi connectivity index (χ4v) is 2.16. The number of hydrogen-bond donors (Lipinski definition) is 1. The number of rotatable bonds is 6. The number of nitrogens with one attached hydrogen (secondary N) is 1. The standard InChI is InChI=1S/C10H14N2O3S2/c1-15-9(14)5-7-6-17-10(11-7)12-8(13)3-4-16-2/h6H,3-5H2,1-2H3,(H,11,12,13). The largest absolute Gasteiger partial charge is 0.469 e. The molecule has 17 heavy (non-hydrogen) atoms. The first-order chi connectivity index (χ1) is 8.15. The van der Waals surface area contributed by atoms with Gasteiger partial charge in [0.2, 0.25) is 5.91 Å². The fraction of sp³-hybridized carbons (Fsp3) is 0.500. The van der Waals surface area contributed by atoms with Crippen molar-refractivity contribution in [3.63, 3.8) is 0 Å². The summed E-state index contributed by atoms with van der Waals surface area (Å²) in [6.07, 6.45) is 2.55. The SMILES string of the molecule is COC(=O)Cc1csc(NC(=O)CCSC)n1. The highest BCUT2D eigenvalue weighted by atomic mass is 32.2. The third-order valence-electron chi connectivity index (χ3n) is 1.88. The van der Waals surface area contributed by atoms with Crippen LogP contribution in [-0.4, -0.2) is 36.0 Å². The second-order valence-corrected chi connectivity index (χ2v) is 5.03. The molecular weight excluding hydrogens is 260 g/mol. The zero-order valence-corrected chi connectivity index (χ0v) is 11.3. The van der Waals surface area contributed by atoms with E-state index >= 15 is 0 Å². The highest BCUT2D eigenvalue weighted by Crippen LogP contribution is 2.16. The van der Waals surface area contributed by atoms with Gasteiger partial charge in [-0.05, 0) is 6.26 Å². The molecule has 0 saturated heterocycles. The summed E-state index contributed by atoms with van der Waals surface area (Å²) in [4.78, 5) is 26.5. The molecule has 94 valence electrons. The van der Waals surface area contributed by atoms with E-state index in [1.807, 2.05) is 6.26 Å². The molecule has 7 heteroatoms. The number of aromatic nitrogens is 1. The van der Waals surface area contributed by atoms with Gasteiger partial charge in [0.25, 0.3) is 0 Å². The van der Waals surface area contributed by atoms with Gasteiger partial charge in [0.1, 0.15) is 0 Å². The van der Waals surface area contributed by atoms with Crippen molar-refractivity contribution in [2.45, 2.75) is 12.8 Å². The number of carbonyl (C=O) groups excluding carboxylic acids is 2. The Kier molecular flexibility index (Phi) is 5.99. The lowest BCUT2D eigenvalue weighted by Crippen LogP contribution is -2.12. The molecule has 1 amide bonds. The van der Waals surface area contributed by atoms with Crippen LogP contribution in [0.25, 0.3) is 0 Å². The summed E-state index contributed by atoms with van der Waals surface area (Å²) < 4.78 is 4.53. The number of anilines is 1. The maximum absolute atomic E-state index is 11.4. The topological polar surface area (TPSA) is 68.3 Å². The van der Waals surface area contributed by atoms with Crippen molar-refractivity contribution in [1.29, 1.82) is 0 Å². The Labute approximate surface area is 108 Å². The molecule has 1 N–H and O–H groups in total. The van der Waals surface area contributed by atoms with Crippen LogP contribution in [-0.2, 0) is 20.7 Å². The summed E-state index contributed by atoms with van der Waals surface area (Å²) in [6, 6.07) is 0. The van der Waals surface area contributed by atoms with Gasteiger partial charge in [0.05, 0.1) is 19.2 Å². The Balaban J connectivity index is 2.45. The second kappa shape index (κ2) is 7.29. The first-order valence-electron chi connectivity index (χ1n) is 4.95. The van der Waals surface area contributed by atoms with Gasteiger partial charge in [0.15, 0.2) is 5.13 Å². The molecule has 0 aliphatic carbocycles. The number of methoxy groups -OCH3 is 1. The van der Waals surface area contributed by atoms with E-state index in [0.717, 1.165) is 5.75 Å². The van der Waals surface area contributed by atoms with Crippen molar-refractivity contribution < 1.29 is 14.3 Å². The summed E-state index contributed by atoms with van der Waals surface area (Å²) in [5.74, 6) is 0.389. The van der Waals surface area contributed by atoms with Gasteiger partial charge in [0, 0.05) is 17.6 Å². The number of thiazole rings is 1. The van der Waals surface area contributed by atoms with E-state index in [-0.39, 0.29) is 18.3 Å². The molecule has 0 aromatic carbocycles. The third-order valence-corrected chi connectivity index (χ3v) is 3.30. The smallest absolute Gasteiger partial charge is 0.311 e. The minimum absolute atomic E-state index is 0.0571. The molecule has 0 bridgehead atoms. The van der Waals surface area contributed by atoms with Crippen LogP contribution in [0.4, 0.5) is 5.13 Å². The van der Waals surface area contributed by atoms with Gasteiger partial charge < -0.3 is 10.1 Å². The number of nitrogens with zero attached hydrogens (tertiary/aromatic N) is 1. The van der Waals surface area contributed by atoms with E-state index in [4.69, 9.17) is 0 Å². The molecule has 1 aromatic heterocycles. The van der Waals surface area contributed by atoms with Crippen molar-refractivity contribution in [2.24, 2.45) is 0 Å². The van der Waals surface area contributed by atoms with Crippen LogP contribution >= 0.6 is 23.1 Å². The van der Waals surface area contributed by atoms with Crippen molar-refractivity contribution in [1.82, 2.24) is 4.98 Å². The van der Waals surface area contributed by atoms with E-state index in [9.17, 15) is 9.59 Å². The molecule has 5 nitrogen and oxygen atoms in total. The van der Waals surface area contributed by atoms with Crippen molar-refractivity contribution >= 4 is 40.1 Å². The molecule has 0 aliphatic rings. The van der Waals surface area contributed by atoms with E-state index in [2.05, 4.69) is 15.0 Å². The molecule has 0 saturated carbocycles. The van der Waals surface area contributed by atoms with Crippen LogP contribution in [0.5, 0.6) is 0 Å². The number of thioether (sulfide) groups is 1. The van der Waals surface area contributed by atoms with Gasteiger partial charge in [-0.1, -0.05) is 0 Å². The van der Waals surface area contributed by atoms with Crippen LogP contribution in [0, 0.1) is 0 Å². The lowest BCUT2D eigenvalue weighted by molar-refractivity contribution is -0.139. The number of esters is 1. The summed E-state index contributed by atoms with van der Waals surface area (Å²) in [5, 5.41) is 4.95. The predicted octanol–water partition coefficient (Wildman–Crippen LogP) is 1.55. The van der Waals surface area contributed by atoms with Crippen LogP contribution in [0.15, 0.2) is 5.38 Å². The minimum atomic E-state index is -0.337. The monoisotopic (exact) mass is 274 g/mol. The Morgan fingerprint density at radius 1 is 1.59 bits per heavy atom. The third kappa shape index (κ3) is 5.18. The number of hydrogen-bond acceptors (Lipinski definition) is 6. The molecule has 0 fully saturated rings. The van der Waals surface area contributed by atoms with E-state index < -0.39 is 0 Å². The lowest BCUT2D eigenvalue weighted by Gasteiger charge is -1.99. The van der Waals surface area contributed by atoms with E-state index in [1.165, 1.54) is 18.4 Å². The Hall–Kier alpha value is -1.08. The molecule has 0 atom stereocenters. The number of ether oxygens (including phenoxy) is 1. The predicted molar refractivity (Wildman–Crippen MR) is 69.5 cm³/mol. The van der Waals surface area contributed by atoms with Gasteiger partial charge >= 0.3 is 5.97 Å². The van der Waals surface area contributed by atoms with E-state index in [1.54, 1.807) is 17.1 Å². The summed E-state index contributed by atoms with van der Waals surface area (Å²) in [5.41, 5.74) is 0.613.